The van der Waals surface area contributed by atoms with E-state index in [1.807, 2.05) is 12.1 Å². The summed E-state index contributed by atoms with van der Waals surface area (Å²) in [5.41, 5.74) is 5.06. The van der Waals surface area contributed by atoms with Crippen molar-refractivity contribution in [3.05, 3.63) is 28.8 Å². The van der Waals surface area contributed by atoms with Gasteiger partial charge in [-0.05, 0) is 42.5 Å². The summed E-state index contributed by atoms with van der Waals surface area (Å²) in [5, 5.41) is 0. The summed E-state index contributed by atoms with van der Waals surface area (Å²) in [5.74, 6) is 3.79. The molecule has 30 heavy (non-hydrogen) atoms. The number of hydrogen-bond donors (Lipinski definition) is 0. The van der Waals surface area contributed by atoms with E-state index in [2.05, 4.69) is 19.9 Å². The average molecular weight is 414 g/mol. The minimum atomic E-state index is 0.318. The third-order valence-corrected chi connectivity index (χ3v) is 5.71. The van der Waals surface area contributed by atoms with Crippen LogP contribution in [0.5, 0.6) is 34.5 Å². The van der Waals surface area contributed by atoms with Crippen LogP contribution in [0, 0.1) is 5.92 Å². The van der Waals surface area contributed by atoms with Crippen molar-refractivity contribution in [3.63, 3.8) is 0 Å². The number of hydrogen-bond acceptors (Lipinski definition) is 6. The molecule has 0 aromatic heterocycles. The second-order valence-electron chi connectivity index (χ2n) is 7.28. The highest BCUT2D eigenvalue weighted by molar-refractivity contribution is 5.92. The fourth-order valence-electron chi connectivity index (χ4n) is 4.07. The molecule has 162 valence electrons. The molecule has 0 heterocycles. The molecule has 0 N–H and O–H groups in total. The van der Waals surface area contributed by atoms with Gasteiger partial charge in [-0.2, -0.15) is 0 Å². The SMILES string of the molecule is COc1cc2c(c(OC)c1OC)-c1c(cc(OC)c(OC)c1OC)CC(C)/C(C)=C\2. The van der Waals surface area contributed by atoms with Crippen LogP contribution in [0.3, 0.4) is 0 Å². The highest BCUT2D eigenvalue weighted by atomic mass is 16.5. The van der Waals surface area contributed by atoms with Crippen LogP contribution in [0.4, 0.5) is 0 Å². The van der Waals surface area contributed by atoms with Crippen molar-refractivity contribution < 1.29 is 28.4 Å². The van der Waals surface area contributed by atoms with Crippen molar-refractivity contribution in [2.75, 3.05) is 42.7 Å². The maximum absolute atomic E-state index is 5.87. The van der Waals surface area contributed by atoms with Crippen molar-refractivity contribution >= 4 is 6.08 Å². The molecule has 1 aliphatic rings. The first-order valence-electron chi connectivity index (χ1n) is 9.78. The van der Waals surface area contributed by atoms with Gasteiger partial charge in [0.2, 0.25) is 11.5 Å². The lowest BCUT2D eigenvalue weighted by molar-refractivity contribution is 0.321. The first kappa shape index (κ1) is 21.7. The molecule has 1 unspecified atom stereocenters. The molecule has 2 aromatic rings. The second-order valence-corrected chi connectivity index (χ2v) is 7.28. The van der Waals surface area contributed by atoms with E-state index in [0.29, 0.717) is 40.4 Å². The van der Waals surface area contributed by atoms with Gasteiger partial charge in [-0.1, -0.05) is 18.6 Å². The fourth-order valence-corrected chi connectivity index (χ4v) is 4.07. The molecule has 3 rings (SSSR count). The molecule has 0 aliphatic heterocycles. The van der Waals surface area contributed by atoms with Crippen LogP contribution in [-0.2, 0) is 6.42 Å². The minimum Gasteiger partial charge on any atom is -0.493 e. The van der Waals surface area contributed by atoms with Crippen LogP contribution in [0.2, 0.25) is 0 Å². The van der Waals surface area contributed by atoms with Gasteiger partial charge in [-0.15, -0.1) is 0 Å². The van der Waals surface area contributed by atoms with Gasteiger partial charge in [-0.3, -0.25) is 0 Å². The topological polar surface area (TPSA) is 55.4 Å². The maximum atomic E-state index is 5.87. The Morgan fingerprint density at radius 2 is 1.17 bits per heavy atom. The zero-order valence-corrected chi connectivity index (χ0v) is 19.0. The standard InChI is InChI=1S/C24H30O6/c1-13-9-15-11-17(25-3)21(27-5)23(29-7)19(15)20-16(10-14(13)2)12-18(26-4)22(28-6)24(20)30-8/h9,11-12,14H,10H2,1-8H3/b13-9-. The van der Waals surface area contributed by atoms with Crippen LogP contribution in [0.15, 0.2) is 17.7 Å². The summed E-state index contributed by atoms with van der Waals surface area (Å²) in [4.78, 5) is 0. The zero-order chi connectivity index (χ0) is 22.0. The van der Waals surface area contributed by atoms with Gasteiger partial charge in [0.05, 0.1) is 42.7 Å². The molecule has 1 aliphatic carbocycles. The van der Waals surface area contributed by atoms with E-state index in [-0.39, 0.29) is 0 Å². The van der Waals surface area contributed by atoms with E-state index in [9.17, 15) is 0 Å². The zero-order valence-electron chi connectivity index (χ0n) is 19.0. The first-order chi connectivity index (χ1) is 14.4. The van der Waals surface area contributed by atoms with E-state index in [1.165, 1.54) is 5.57 Å². The molecular weight excluding hydrogens is 384 g/mol. The summed E-state index contributed by atoms with van der Waals surface area (Å²) >= 11 is 0. The summed E-state index contributed by atoms with van der Waals surface area (Å²) in [6.45, 7) is 4.35. The Morgan fingerprint density at radius 3 is 1.67 bits per heavy atom. The Labute approximate surface area is 178 Å². The van der Waals surface area contributed by atoms with Gasteiger partial charge in [0, 0.05) is 11.1 Å². The van der Waals surface area contributed by atoms with Crippen LogP contribution < -0.4 is 28.4 Å². The highest BCUT2D eigenvalue weighted by Gasteiger charge is 2.31. The summed E-state index contributed by atoms with van der Waals surface area (Å²) in [7, 11) is 9.72. The monoisotopic (exact) mass is 414 g/mol. The molecular formula is C24H30O6. The number of fused-ring (bicyclic) bond motifs is 3. The smallest absolute Gasteiger partial charge is 0.203 e. The van der Waals surface area contributed by atoms with Gasteiger partial charge in [0.25, 0.3) is 0 Å². The molecule has 6 heteroatoms. The van der Waals surface area contributed by atoms with Gasteiger partial charge in [0.15, 0.2) is 23.0 Å². The number of benzene rings is 2. The quantitative estimate of drug-likeness (QED) is 0.663. The van der Waals surface area contributed by atoms with Crippen molar-refractivity contribution in [2.45, 2.75) is 20.3 Å². The van der Waals surface area contributed by atoms with Gasteiger partial charge < -0.3 is 28.4 Å². The maximum Gasteiger partial charge on any atom is 0.203 e. The fraction of sp³-hybridized carbons (Fsp3) is 0.417. The van der Waals surface area contributed by atoms with E-state index < -0.39 is 0 Å². The van der Waals surface area contributed by atoms with Crippen molar-refractivity contribution in [1.29, 1.82) is 0 Å². The Bertz CT molecular complexity index is 977. The molecule has 0 fully saturated rings. The predicted octanol–water partition coefficient (Wildman–Crippen LogP) is 5.00. The molecule has 2 aromatic carbocycles. The van der Waals surface area contributed by atoms with E-state index >= 15 is 0 Å². The van der Waals surface area contributed by atoms with E-state index in [4.69, 9.17) is 28.4 Å². The van der Waals surface area contributed by atoms with Crippen LogP contribution in [-0.4, -0.2) is 42.7 Å². The van der Waals surface area contributed by atoms with Crippen molar-refractivity contribution in [3.8, 4) is 45.6 Å². The third kappa shape index (κ3) is 3.40. The number of rotatable bonds is 6. The largest absolute Gasteiger partial charge is 0.493 e. The summed E-state index contributed by atoms with van der Waals surface area (Å²) in [6.07, 6.45) is 2.98. The molecule has 6 nitrogen and oxygen atoms in total. The van der Waals surface area contributed by atoms with Crippen LogP contribution in [0.25, 0.3) is 17.2 Å². The summed E-state index contributed by atoms with van der Waals surface area (Å²) in [6, 6.07) is 3.99. The predicted molar refractivity (Wildman–Crippen MR) is 118 cm³/mol. The Hall–Kier alpha value is -3.02. The minimum absolute atomic E-state index is 0.318. The average Bonchev–Trinajstić information content (AvgIpc) is 2.76. The first-order valence-corrected chi connectivity index (χ1v) is 9.78. The van der Waals surface area contributed by atoms with Crippen molar-refractivity contribution in [1.82, 2.24) is 0 Å². The Balaban J connectivity index is 2.56. The van der Waals surface area contributed by atoms with Gasteiger partial charge in [0.1, 0.15) is 0 Å². The lowest BCUT2D eigenvalue weighted by Crippen LogP contribution is -2.10. The van der Waals surface area contributed by atoms with E-state index in [0.717, 1.165) is 28.7 Å². The number of allylic oxidation sites excluding steroid dienone is 1. The second kappa shape index (κ2) is 8.78. The normalized spacial score (nSPS) is 16.8. The molecule has 0 amide bonds. The van der Waals surface area contributed by atoms with Crippen LogP contribution in [0.1, 0.15) is 25.0 Å². The Morgan fingerprint density at radius 1 is 0.667 bits per heavy atom. The van der Waals surface area contributed by atoms with Gasteiger partial charge >= 0.3 is 0 Å². The highest BCUT2D eigenvalue weighted by Crippen LogP contribution is 2.55. The third-order valence-electron chi connectivity index (χ3n) is 5.71. The molecule has 0 bridgehead atoms. The Kier molecular flexibility index (Phi) is 6.34. The number of methoxy groups -OCH3 is 6. The lowest BCUT2D eigenvalue weighted by Gasteiger charge is -2.27. The lowest BCUT2D eigenvalue weighted by atomic mass is 9.82. The summed E-state index contributed by atoms with van der Waals surface area (Å²) < 4.78 is 34.3. The molecule has 1 atom stereocenters. The number of ether oxygens (including phenoxy) is 6. The van der Waals surface area contributed by atoms with Crippen LogP contribution >= 0.6 is 0 Å². The molecule has 0 saturated heterocycles. The molecule has 0 saturated carbocycles. The molecule has 0 spiro atoms. The molecule has 0 radical (unpaired) electrons. The van der Waals surface area contributed by atoms with Crippen molar-refractivity contribution in [2.24, 2.45) is 5.92 Å². The van der Waals surface area contributed by atoms with E-state index in [1.54, 1.807) is 42.7 Å². The van der Waals surface area contributed by atoms with Gasteiger partial charge in [-0.25, -0.2) is 0 Å².